The van der Waals surface area contributed by atoms with Gasteiger partial charge in [-0.05, 0) is 35.4 Å². The summed E-state index contributed by atoms with van der Waals surface area (Å²) >= 11 is 0. The molecule has 1 aliphatic carbocycles. The number of rotatable bonds is 0. The fourth-order valence-corrected chi connectivity index (χ4v) is 2.11. The minimum Gasteiger partial charge on any atom is -0.399 e. The minimum absolute atomic E-state index is 0.00426. The summed E-state index contributed by atoms with van der Waals surface area (Å²) in [5.74, 6) is 0.00426. The number of hydrogen-bond acceptors (Lipinski definition) is 3. The summed E-state index contributed by atoms with van der Waals surface area (Å²) in [5.41, 5.74) is 15.8. The van der Waals surface area contributed by atoms with Crippen molar-refractivity contribution in [3.8, 4) is 11.1 Å². The molecule has 2 aromatic carbocycles. The maximum atomic E-state index is 12.1. The van der Waals surface area contributed by atoms with Gasteiger partial charge in [0.1, 0.15) is 0 Å². The van der Waals surface area contributed by atoms with E-state index in [0.29, 0.717) is 22.5 Å². The lowest BCUT2D eigenvalue weighted by atomic mass is 10.1. The number of fused-ring (bicyclic) bond motifs is 3. The van der Waals surface area contributed by atoms with E-state index in [-0.39, 0.29) is 5.78 Å². The Hall–Kier alpha value is -2.29. The molecule has 0 aromatic heterocycles. The van der Waals surface area contributed by atoms with E-state index in [1.54, 1.807) is 24.3 Å². The van der Waals surface area contributed by atoms with Crippen LogP contribution in [0.4, 0.5) is 11.4 Å². The van der Waals surface area contributed by atoms with E-state index in [4.69, 9.17) is 11.5 Å². The third-order valence-electron chi connectivity index (χ3n) is 2.87. The number of hydrogen-bond donors (Lipinski definition) is 2. The van der Waals surface area contributed by atoms with Crippen LogP contribution in [0.5, 0.6) is 0 Å². The average molecular weight is 210 g/mol. The molecule has 3 rings (SSSR count). The van der Waals surface area contributed by atoms with Crippen LogP contribution in [-0.2, 0) is 0 Å². The third kappa shape index (κ3) is 1.05. The molecule has 0 spiro atoms. The number of nitrogens with two attached hydrogens (primary N) is 2. The number of carbonyl (C=O) groups is 1. The summed E-state index contributed by atoms with van der Waals surface area (Å²) in [6.45, 7) is 0. The Balaban J connectivity index is 2.34. The normalized spacial score (nSPS) is 12.4. The van der Waals surface area contributed by atoms with Crippen molar-refractivity contribution in [2.45, 2.75) is 0 Å². The molecule has 0 saturated heterocycles. The molecule has 0 amide bonds. The molecule has 3 nitrogen and oxygen atoms in total. The third-order valence-corrected chi connectivity index (χ3v) is 2.87. The van der Waals surface area contributed by atoms with Gasteiger partial charge in [-0.1, -0.05) is 12.1 Å². The molecule has 0 unspecified atom stereocenters. The van der Waals surface area contributed by atoms with Crippen molar-refractivity contribution in [1.82, 2.24) is 0 Å². The Kier molecular flexibility index (Phi) is 1.60. The van der Waals surface area contributed by atoms with E-state index >= 15 is 0 Å². The average Bonchev–Trinajstić information content (AvgIpc) is 2.53. The van der Waals surface area contributed by atoms with Crippen molar-refractivity contribution in [3.63, 3.8) is 0 Å². The Morgan fingerprint density at radius 2 is 1.12 bits per heavy atom. The van der Waals surface area contributed by atoms with Crippen molar-refractivity contribution in [1.29, 1.82) is 0 Å². The van der Waals surface area contributed by atoms with Crippen molar-refractivity contribution in [3.05, 3.63) is 47.5 Å². The van der Waals surface area contributed by atoms with E-state index < -0.39 is 0 Å². The van der Waals surface area contributed by atoms with Gasteiger partial charge in [0.05, 0.1) is 0 Å². The van der Waals surface area contributed by atoms with Crippen LogP contribution < -0.4 is 11.5 Å². The molecule has 0 aliphatic heterocycles. The maximum absolute atomic E-state index is 12.1. The van der Waals surface area contributed by atoms with Crippen molar-refractivity contribution in [2.75, 3.05) is 11.5 Å². The van der Waals surface area contributed by atoms with Gasteiger partial charge in [-0.25, -0.2) is 0 Å². The zero-order valence-electron chi connectivity index (χ0n) is 8.53. The largest absolute Gasteiger partial charge is 0.399 e. The first-order chi connectivity index (χ1) is 7.66. The summed E-state index contributed by atoms with van der Waals surface area (Å²) < 4.78 is 0. The fourth-order valence-electron chi connectivity index (χ4n) is 2.11. The van der Waals surface area contributed by atoms with Crippen LogP contribution >= 0.6 is 0 Å². The Morgan fingerprint density at radius 1 is 0.688 bits per heavy atom. The van der Waals surface area contributed by atoms with Gasteiger partial charge >= 0.3 is 0 Å². The van der Waals surface area contributed by atoms with E-state index in [9.17, 15) is 4.79 Å². The van der Waals surface area contributed by atoms with Gasteiger partial charge in [-0.15, -0.1) is 0 Å². The first kappa shape index (κ1) is 8.97. The first-order valence-electron chi connectivity index (χ1n) is 5.01. The monoisotopic (exact) mass is 210 g/mol. The van der Waals surface area contributed by atoms with Gasteiger partial charge < -0.3 is 11.5 Å². The first-order valence-corrected chi connectivity index (χ1v) is 5.01. The molecule has 0 bridgehead atoms. The highest BCUT2D eigenvalue weighted by Crippen LogP contribution is 2.38. The molecule has 78 valence electrons. The predicted molar refractivity (Wildman–Crippen MR) is 64.1 cm³/mol. The molecular formula is C13H10N2O. The van der Waals surface area contributed by atoms with Gasteiger partial charge in [0.15, 0.2) is 5.78 Å². The number of carbonyl (C=O) groups excluding carboxylic acids is 1. The smallest absolute Gasteiger partial charge is 0.194 e. The Morgan fingerprint density at radius 3 is 1.56 bits per heavy atom. The van der Waals surface area contributed by atoms with E-state index in [2.05, 4.69) is 0 Å². The van der Waals surface area contributed by atoms with Crippen molar-refractivity contribution in [2.24, 2.45) is 0 Å². The second-order valence-corrected chi connectivity index (χ2v) is 3.94. The summed E-state index contributed by atoms with van der Waals surface area (Å²) in [7, 11) is 0. The van der Waals surface area contributed by atoms with Crippen LogP contribution in [0, 0.1) is 0 Å². The second-order valence-electron chi connectivity index (χ2n) is 3.94. The molecule has 4 N–H and O–H groups in total. The second kappa shape index (κ2) is 2.85. The van der Waals surface area contributed by atoms with E-state index in [0.717, 1.165) is 11.1 Å². The number of nitrogen functional groups attached to an aromatic ring is 2. The minimum atomic E-state index is 0.00426. The quantitative estimate of drug-likeness (QED) is 0.558. The van der Waals surface area contributed by atoms with Gasteiger partial charge in [-0.3, -0.25) is 4.79 Å². The van der Waals surface area contributed by atoms with E-state index in [1.165, 1.54) is 0 Å². The SMILES string of the molecule is Nc1ccc2c(c1)C(=O)c1cc(N)ccc1-2. The molecule has 3 heteroatoms. The number of anilines is 2. The zero-order valence-corrected chi connectivity index (χ0v) is 8.53. The van der Waals surface area contributed by atoms with Crippen LogP contribution in [0.2, 0.25) is 0 Å². The van der Waals surface area contributed by atoms with E-state index in [1.807, 2.05) is 12.1 Å². The molecule has 0 heterocycles. The topological polar surface area (TPSA) is 69.1 Å². The molecule has 0 atom stereocenters. The van der Waals surface area contributed by atoms with Crippen LogP contribution in [0.1, 0.15) is 15.9 Å². The summed E-state index contributed by atoms with van der Waals surface area (Å²) in [4.78, 5) is 12.1. The predicted octanol–water partition coefficient (Wildman–Crippen LogP) is 2.06. The highest BCUT2D eigenvalue weighted by molar-refractivity contribution is 6.22. The lowest BCUT2D eigenvalue weighted by Gasteiger charge is -2.00. The summed E-state index contributed by atoms with van der Waals surface area (Å²) in [5, 5.41) is 0. The molecule has 0 radical (unpaired) electrons. The molecule has 2 aromatic rings. The van der Waals surface area contributed by atoms with Gasteiger partial charge in [0.2, 0.25) is 0 Å². The lowest BCUT2D eigenvalue weighted by molar-refractivity contribution is 0.104. The molecule has 16 heavy (non-hydrogen) atoms. The van der Waals surface area contributed by atoms with Gasteiger partial charge in [0, 0.05) is 22.5 Å². The van der Waals surface area contributed by atoms with Crippen LogP contribution in [0.15, 0.2) is 36.4 Å². The fraction of sp³-hybridized carbons (Fsp3) is 0. The molecule has 1 aliphatic rings. The molecule has 0 saturated carbocycles. The summed E-state index contributed by atoms with van der Waals surface area (Å²) in [6, 6.07) is 10.8. The van der Waals surface area contributed by atoms with Gasteiger partial charge in [0.25, 0.3) is 0 Å². The maximum Gasteiger partial charge on any atom is 0.194 e. The molecule has 0 fully saturated rings. The Bertz CT molecular complexity index is 564. The zero-order chi connectivity index (χ0) is 11.3. The van der Waals surface area contributed by atoms with Crippen LogP contribution in [-0.4, -0.2) is 5.78 Å². The highest BCUT2D eigenvalue weighted by Gasteiger charge is 2.26. The van der Waals surface area contributed by atoms with Crippen LogP contribution in [0.25, 0.3) is 11.1 Å². The van der Waals surface area contributed by atoms with Crippen molar-refractivity contribution < 1.29 is 4.79 Å². The van der Waals surface area contributed by atoms with Crippen molar-refractivity contribution >= 4 is 17.2 Å². The summed E-state index contributed by atoms with van der Waals surface area (Å²) in [6.07, 6.45) is 0. The lowest BCUT2D eigenvalue weighted by Crippen LogP contribution is -1.97. The molecular weight excluding hydrogens is 200 g/mol. The number of benzene rings is 2. The standard InChI is InChI=1S/C13H10N2O/c14-7-1-3-9-10-4-2-8(15)6-12(10)13(16)11(9)5-7/h1-6H,14-15H2. The van der Waals surface area contributed by atoms with Gasteiger partial charge in [-0.2, -0.15) is 0 Å². The highest BCUT2D eigenvalue weighted by atomic mass is 16.1. The Labute approximate surface area is 92.7 Å². The number of ketones is 1. The van der Waals surface area contributed by atoms with Crippen LogP contribution in [0.3, 0.4) is 0 Å².